The maximum Gasteiger partial charge on any atom is 0.282 e. The lowest BCUT2D eigenvalue weighted by Crippen LogP contribution is -2.32. The highest BCUT2D eigenvalue weighted by atomic mass is 19.1. The van der Waals surface area contributed by atoms with Crippen LogP contribution in [0.4, 0.5) is 15.8 Å². The Morgan fingerprint density at radius 2 is 1.35 bits per heavy atom. The van der Waals surface area contributed by atoms with Crippen molar-refractivity contribution in [1.82, 2.24) is 0 Å². The van der Waals surface area contributed by atoms with Gasteiger partial charge in [0, 0.05) is 11.1 Å². The number of carbonyl (C=O) groups excluding carboxylic acids is 2. The zero-order chi connectivity index (χ0) is 21.4. The highest BCUT2D eigenvalue weighted by Crippen LogP contribution is 2.35. The first-order valence-electron chi connectivity index (χ1n) is 9.82. The summed E-state index contributed by atoms with van der Waals surface area (Å²) in [6, 6.07) is 27.9. The van der Waals surface area contributed by atoms with E-state index in [4.69, 9.17) is 0 Å². The number of hydrogen-bond acceptors (Lipinski definition) is 3. The number of nitrogens with zero attached hydrogens (tertiary/aromatic N) is 1. The monoisotopic (exact) mass is 408 g/mol. The van der Waals surface area contributed by atoms with Crippen LogP contribution in [-0.4, -0.2) is 11.8 Å². The van der Waals surface area contributed by atoms with Crippen molar-refractivity contribution in [1.29, 1.82) is 0 Å². The summed E-state index contributed by atoms with van der Waals surface area (Å²) in [5.74, 6) is -1.37. The molecule has 5 heteroatoms. The smallest absolute Gasteiger partial charge is 0.282 e. The molecule has 1 heterocycles. The number of benzene rings is 4. The maximum absolute atomic E-state index is 13.4. The Morgan fingerprint density at radius 1 is 0.677 bits per heavy atom. The standard InChI is InChI=1S/C26H17FN2O2/c27-19-13-15-20(16-14-19)29-25(30)23(18-8-2-1-3-9-18)24(26(29)31)28-22-12-6-10-17-7-4-5-11-21(17)22/h1-16,28H. The molecule has 5 rings (SSSR count). The second kappa shape index (κ2) is 7.54. The van der Waals surface area contributed by atoms with Crippen LogP contribution in [0.5, 0.6) is 0 Å². The zero-order valence-corrected chi connectivity index (χ0v) is 16.4. The van der Waals surface area contributed by atoms with Crippen LogP contribution in [0, 0.1) is 5.82 Å². The molecule has 0 saturated carbocycles. The Bertz CT molecular complexity index is 1340. The molecule has 0 aliphatic carbocycles. The summed E-state index contributed by atoms with van der Waals surface area (Å²) >= 11 is 0. The highest BCUT2D eigenvalue weighted by molar-refractivity contribution is 6.46. The number of hydrogen-bond donors (Lipinski definition) is 1. The van der Waals surface area contributed by atoms with Gasteiger partial charge in [-0.25, -0.2) is 9.29 Å². The Kier molecular flexibility index (Phi) is 4.56. The van der Waals surface area contributed by atoms with Gasteiger partial charge in [-0.2, -0.15) is 0 Å². The lowest BCUT2D eigenvalue weighted by molar-refractivity contribution is -0.120. The summed E-state index contributed by atoms with van der Waals surface area (Å²) in [4.78, 5) is 27.9. The van der Waals surface area contributed by atoms with Crippen molar-refractivity contribution >= 4 is 39.5 Å². The fraction of sp³-hybridized carbons (Fsp3) is 0. The van der Waals surface area contributed by atoms with Gasteiger partial charge in [-0.15, -0.1) is 0 Å². The van der Waals surface area contributed by atoms with Crippen molar-refractivity contribution in [2.24, 2.45) is 0 Å². The van der Waals surface area contributed by atoms with E-state index in [9.17, 15) is 14.0 Å². The maximum atomic E-state index is 13.4. The second-order valence-corrected chi connectivity index (χ2v) is 7.19. The van der Waals surface area contributed by atoms with Crippen LogP contribution in [0.3, 0.4) is 0 Å². The number of imide groups is 1. The molecule has 4 aromatic rings. The minimum absolute atomic E-state index is 0.192. The summed E-state index contributed by atoms with van der Waals surface area (Å²) in [5.41, 5.74) is 2.15. The molecule has 1 aliphatic rings. The van der Waals surface area contributed by atoms with Crippen LogP contribution in [0.1, 0.15) is 5.56 Å². The predicted octanol–water partition coefficient (Wildman–Crippen LogP) is 5.38. The van der Waals surface area contributed by atoms with Crippen molar-refractivity contribution in [3.05, 3.63) is 114 Å². The topological polar surface area (TPSA) is 49.4 Å². The zero-order valence-electron chi connectivity index (χ0n) is 16.4. The second-order valence-electron chi connectivity index (χ2n) is 7.19. The lowest BCUT2D eigenvalue weighted by atomic mass is 10.0. The Balaban J connectivity index is 1.65. The average molecular weight is 408 g/mol. The molecule has 0 fully saturated rings. The number of nitrogens with one attached hydrogen (secondary N) is 1. The molecule has 1 aliphatic heterocycles. The molecule has 0 bridgehead atoms. The van der Waals surface area contributed by atoms with Gasteiger partial charge in [-0.05, 0) is 41.3 Å². The van der Waals surface area contributed by atoms with Gasteiger partial charge in [-0.1, -0.05) is 66.7 Å². The third-order valence-electron chi connectivity index (χ3n) is 5.28. The molecule has 4 aromatic carbocycles. The number of anilines is 2. The van der Waals surface area contributed by atoms with Gasteiger partial charge < -0.3 is 5.32 Å². The van der Waals surface area contributed by atoms with E-state index in [1.807, 2.05) is 60.7 Å². The molecule has 0 saturated heterocycles. The minimum Gasteiger partial charge on any atom is -0.350 e. The molecular formula is C26H17FN2O2. The first-order valence-corrected chi connectivity index (χ1v) is 9.82. The van der Waals surface area contributed by atoms with Gasteiger partial charge in [-0.3, -0.25) is 9.59 Å². The SMILES string of the molecule is O=C1C(Nc2cccc3ccccc23)=C(c2ccccc2)C(=O)N1c1ccc(F)cc1. The van der Waals surface area contributed by atoms with Crippen molar-refractivity contribution in [3.8, 4) is 0 Å². The quantitative estimate of drug-likeness (QED) is 0.462. The molecule has 0 atom stereocenters. The fourth-order valence-electron chi connectivity index (χ4n) is 3.81. The van der Waals surface area contributed by atoms with E-state index in [2.05, 4.69) is 5.32 Å². The molecule has 4 nitrogen and oxygen atoms in total. The van der Waals surface area contributed by atoms with Gasteiger partial charge in [0.2, 0.25) is 0 Å². The van der Waals surface area contributed by atoms with Crippen LogP contribution < -0.4 is 10.2 Å². The lowest BCUT2D eigenvalue weighted by Gasteiger charge is -2.15. The number of fused-ring (bicyclic) bond motifs is 1. The predicted molar refractivity (Wildman–Crippen MR) is 120 cm³/mol. The molecule has 31 heavy (non-hydrogen) atoms. The van der Waals surface area contributed by atoms with E-state index in [-0.39, 0.29) is 11.3 Å². The molecule has 1 N–H and O–H groups in total. The molecule has 2 amide bonds. The summed E-state index contributed by atoms with van der Waals surface area (Å²) in [7, 11) is 0. The van der Waals surface area contributed by atoms with Gasteiger partial charge in [0.15, 0.2) is 0 Å². The summed E-state index contributed by atoms with van der Waals surface area (Å²) in [6.45, 7) is 0. The first kappa shape index (κ1) is 18.8. The van der Waals surface area contributed by atoms with Crippen LogP contribution in [0.15, 0.2) is 103 Å². The van der Waals surface area contributed by atoms with Crippen molar-refractivity contribution in [3.63, 3.8) is 0 Å². The van der Waals surface area contributed by atoms with Gasteiger partial charge >= 0.3 is 0 Å². The van der Waals surface area contributed by atoms with Crippen LogP contribution >= 0.6 is 0 Å². The first-order chi connectivity index (χ1) is 15.1. The van der Waals surface area contributed by atoms with Crippen molar-refractivity contribution < 1.29 is 14.0 Å². The van der Waals surface area contributed by atoms with E-state index in [1.54, 1.807) is 12.1 Å². The Labute approximate surface area is 178 Å². The minimum atomic E-state index is -0.483. The Hall–Kier alpha value is -4.25. The highest BCUT2D eigenvalue weighted by Gasteiger charge is 2.40. The van der Waals surface area contributed by atoms with Crippen LogP contribution in [0.25, 0.3) is 16.3 Å². The van der Waals surface area contributed by atoms with E-state index in [0.29, 0.717) is 11.3 Å². The molecule has 0 aromatic heterocycles. The average Bonchev–Trinajstić information content (AvgIpc) is 3.04. The number of halogens is 1. The van der Waals surface area contributed by atoms with Crippen molar-refractivity contribution in [2.45, 2.75) is 0 Å². The molecule has 0 radical (unpaired) electrons. The van der Waals surface area contributed by atoms with Crippen molar-refractivity contribution in [2.75, 3.05) is 10.2 Å². The third kappa shape index (κ3) is 3.26. The molecule has 0 unspecified atom stereocenters. The van der Waals surface area contributed by atoms with E-state index in [0.717, 1.165) is 21.4 Å². The molecular weight excluding hydrogens is 391 g/mol. The molecule has 0 spiro atoms. The van der Waals surface area contributed by atoms with Gasteiger partial charge in [0.05, 0.1) is 11.3 Å². The van der Waals surface area contributed by atoms with Crippen LogP contribution in [-0.2, 0) is 9.59 Å². The largest absolute Gasteiger partial charge is 0.350 e. The van der Waals surface area contributed by atoms with E-state index in [1.165, 1.54) is 24.3 Å². The third-order valence-corrected chi connectivity index (χ3v) is 5.28. The molecule has 150 valence electrons. The summed E-state index contributed by atoms with van der Waals surface area (Å²) < 4.78 is 13.4. The van der Waals surface area contributed by atoms with Crippen LogP contribution in [0.2, 0.25) is 0 Å². The summed E-state index contributed by atoms with van der Waals surface area (Å²) in [6.07, 6.45) is 0. The van der Waals surface area contributed by atoms with Gasteiger partial charge in [0.25, 0.3) is 11.8 Å². The number of rotatable bonds is 4. The normalized spacial score (nSPS) is 13.9. The van der Waals surface area contributed by atoms with E-state index >= 15 is 0 Å². The Morgan fingerprint density at radius 3 is 2.13 bits per heavy atom. The fourth-order valence-corrected chi connectivity index (χ4v) is 3.81. The number of carbonyl (C=O) groups is 2. The van der Waals surface area contributed by atoms with E-state index < -0.39 is 17.6 Å². The summed E-state index contributed by atoms with van der Waals surface area (Å²) in [5, 5.41) is 5.17. The van der Waals surface area contributed by atoms with Gasteiger partial charge in [0.1, 0.15) is 11.5 Å². The number of amides is 2.